The predicted molar refractivity (Wildman–Crippen MR) is 70.3 cm³/mol. The summed E-state index contributed by atoms with van der Waals surface area (Å²) in [6.07, 6.45) is 0.324. The van der Waals surface area contributed by atoms with Crippen LogP contribution in [0.25, 0.3) is 0 Å². The fourth-order valence-corrected chi connectivity index (χ4v) is 1.67. The van der Waals surface area contributed by atoms with Crippen LogP contribution < -0.4 is 16.4 Å². The Morgan fingerprint density at radius 1 is 1.53 bits per heavy atom. The second-order valence-corrected chi connectivity index (χ2v) is 4.34. The van der Waals surface area contributed by atoms with Crippen molar-refractivity contribution in [1.29, 1.82) is 0 Å². The summed E-state index contributed by atoms with van der Waals surface area (Å²) in [6.45, 7) is 2.87. The molecule has 0 aliphatic heterocycles. The molecule has 1 aromatic carbocycles. The van der Waals surface area contributed by atoms with E-state index in [0.29, 0.717) is 35.4 Å². The normalized spacial score (nSPS) is 10.1. The highest BCUT2D eigenvalue weighted by Crippen LogP contribution is 2.26. The smallest absolute Gasteiger partial charge is 0.221 e. The summed E-state index contributed by atoms with van der Waals surface area (Å²) in [5.41, 5.74) is 6.64. The highest BCUT2D eigenvalue weighted by Gasteiger charge is 2.06. The lowest BCUT2D eigenvalue weighted by Crippen LogP contribution is -2.24. The fraction of sp³-hybridized carbons (Fsp3) is 0.364. The summed E-state index contributed by atoms with van der Waals surface area (Å²) < 4.78 is 13.6. The molecule has 1 rings (SSSR count). The molecular formula is C11H15BrFN3O. The fourth-order valence-electron chi connectivity index (χ4n) is 1.31. The van der Waals surface area contributed by atoms with E-state index in [1.54, 1.807) is 0 Å². The Kier molecular flexibility index (Phi) is 5.21. The Morgan fingerprint density at radius 2 is 2.24 bits per heavy atom. The van der Waals surface area contributed by atoms with Crippen LogP contribution in [0, 0.1) is 5.82 Å². The second kappa shape index (κ2) is 6.44. The van der Waals surface area contributed by atoms with Crippen molar-refractivity contribution in [3.63, 3.8) is 0 Å². The number of nitrogens with one attached hydrogen (secondary N) is 2. The first-order chi connectivity index (χ1) is 8.04. The predicted octanol–water partition coefficient (Wildman–Crippen LogP) is 2.11. The molecule has 0 heterocycles. The number of amides is 1. The van der Waals surface area contributed by atoms with E-state index >= 15 is 0 Å². The Bertz CT molecular complexity index is 412. The number of carbonyl (C=O) groups is 1. The van der Waals surface area contributed by atoms with Gasteiger partial charge >= 0.3 is 0 Å². The molecule has 94 valence electrons. The molecule has 0 fully saturated rings. The van der Waals surface area contributed by atoms with Gasteiger partial charge in [0, 0.05) is 25.6 Å². The molecule has 17 heavy (non-hydrogen) atoms. The number of nitrogens with two attached hydrogens (primary N) is 1. The van der Waals surface area contributed by atoms with Gasteiger partial charge in [-0.15, -0.1) is 0 Å². The highest BCUT2D eigenvalue weighted by molar-refractivity contribution is 9.10. The number of anilines is 2. The van der Waals surface area contributed by atoms with E-state index in [9.17, 15) is 9.18 Å². The summed E-state index contributed by atoms with van der Waals surface area (Å²) in [5, 5.41) is 5.60. The van der Waals surface area contributed by atoms with Gasteiger partial charge in [-0.2, -0.15) is 0 Å². The molecule has 1 aromatic rings. The SMILES string of the molecule is CCNC(=O)CCNc1cc(F)c(Br)cc1N. The highest BCUT2D eigenvalue weighted by atomic mass is 79.9. The number of benzene rings is 1. The average molecular weight is 304 g/mol. The minimum absolute atomic E-state index is 0.0452. The standard InChI is InChI=1S/C11H15BrFN3O/c1-2-15-11(17)3-4-16-10-6-8(13)7(12)5-9(10)14/h5-6,16H,2-4,14H2,1H3,(H,15,17). The number of nitrogen functional groups attached to an aromatic ring is 1. The molecule has 0 saturated carbocycles. The molecule has 1 amide bonds. The van der Waals surface area contributed by atoms with E-state index in [1.807, 2.05) is 6.92 Å². The molecule has 4 N–H and O–H groups in total. The van der Waals surface area contributed by atoms with Gasteiger partial charge in [0.15, 0.2) is 0 Å². The topological polar surface area (TPSA) is 67.2 Å². The summed E-state index contributed by atoms with van der Waals surface area (Å²) in [7, 11) is 0. The van der Waals surface area contributed by atoms with Gasteiger partial charge in [-0.3, -0.25) is 4.79 Å². The van der Waals surface area contributed by atoms with E-state index in [0.717, 1.165) is 0 Å². The maximum Gasteiger partial charge on any atom is 0.221 e. The van der Waals surface area contributed by atoms with Gasteiger partial charge < -0.3 is 16.4 Å². The second-order valence-electron chi connectivity index (χ2n) is 3.48. The van der Waals surface area contributed by atoms with E-state index in [2.05, 4.69) is 26.6 Å². The molecule has 0 saturated heterocycles. The zero-order valence-corrected chi connectivity index (χ0v) is 11.1. The van der Waals surface area contributed by atoms with E-state index in [4.69, 9.17) is 5.73 Å². The van der Waals surface area contributed by atoms with Gasteiger partial charge in [0.25, 0.3) is 0 Å². The lowest BCUT2D eigenvalue weighted by atomic mass is 10.2. The van der Waals surface area contributed by atoms with Gasteiger partial charge in [-0.1, -0.05) is 0 Å². The Hall–Kier alpha value is -1.30. The van der Waals surface area contributed by atoms with Crippen molar-refractivity contribution in [2.24, 2.45) is 0 Å². The molecule has 6 heteroatoms. The minimum Gasteiger partial charge on any atom is -0.397 e. The number of hydrogen-bond acceptors (Lipinski definition) is 3. The van der Waals surface area contributed by atoms with Crippen LogP contribution in [0.4, 0.5) is 15.8 Å². The van der Waals surface area contributed by atoms with E-state index in [1.165, 1.54) is 12.1 Å². The summed E-state index contributed by atoms with van der Waals surface area (Å²) in [6, 6.07) is 2.79. The van der Waals surface area contributed by atoms with Crippen molar-refractivity contribution in [2.75, 3.05) is 24.1 Å². The van der Waals surface area contributed by atoms with Crippen LogP contribution >= 0.6 is 15.9 Å². The quantitative estimate of drug-likeness (QED) is 0.730. The first kappa shape index (κ1) is 13.8. The average Bonchev–Trinajstić information content (AvgIpc) is 2.26. The third-order valence-corrected chi connectivity index (χ3v) is 2.74. The van der Waals surface area contributed by atoms with E-state index in [-0.39, 0.29) is 11.7 Å². The van der Waals surface area contributed by atoms with Gasteiger partial charge in [0.1, 0.15) is 5.82 Å². The molecule has 0 spiro atoms. The van der Waals surface area contributed by atoms with Gasteiger partial charge in [0.2, 0.25) is 5.91 Å². The van der Waals surface area contributed by atoms with Crippen LogP contribution in [0.2, 0.25) is 0 Å². The van der Waals surface area contributed by atoms with Crippen molar-refractivity contribution in [3.8, 4) is 0 Å². The van der Waals surface area contributed by atoms with Crippen LogP contribution in [0.3, 0.4) is 0 Å². The zero-order chi connectivity index (χ0) is 12.8. The van der Waals surface area contributed by atoms with Crippen molar-refractivity contribution < 1.29 is 9.18 Å². The molecule has 0 aliphatic carbocycles. The molecule has 4 nitrogen and oxygen atoms in total. The van der Waals surface area contributed by atoms with Crippen molar-refractivity contribution in [3.05, 3.63) is 22.4 Å². The van der Waals surface area contributed by atoms with Crippen molar-refractivity contribution in [2.45, 2.75) is 13.3 Å². The molecule has 0 aromatic heterocycles. The lowest BCUT2D eigenvalue weighted by Gasteiger charge is -2.10. The molecule has 0 aliphatic rings. The van der Waals surface area contributed by atoms with Gasteiger partial charge in [-0.05, 0) is 28.9 Å². The third-order valence-electron chi connectivity index (χ3n) is 2.13. The van der Waals surface area contributed by atoms with Gasteiger partial charge in [0.05, 0.1) is 15.8 Å². The molecule has 0 unspecified atom stereocenters. The first-order valence-corrected chi connectivity index (χ1v) is 6.09. The zero-order valence-electron chi connectivity index (χ0n) is 9.52. The maximum absolute atomic E-state index is 13.2. The van der Waals surface area contributed by atoms with Crippen LogP contribution in [-0.4, -0.2) is 19.0 Å². The molecule has 0 radical (unpaired) electrons. The van der Waals surface area contributed by atoms with Crippen molar-refractivity contribution >= 4 is 33.2 Å². The van der Waals surface area contributed by atoms with Crippen LogP contribution in [0.1, 0.15) is 13.3 Å². The number of rotatable bonds is 5. The Labute approximate surface area is 108 Å². The lowest BCUT2D eigenvalue weighted by molar-refractivity contribution is -0.120. The number of hydrogen-bond donors (Lipinski definition) is 3. The Morgan fingerprint density at radius 3 is 2.88 bits per heavy atom. The van der Waals surface area contributed by atoms with Crippen LogP contribution in [0.15, 0.2) is 16.6 Å². The summed E-state index contributed by atoms with van der Waals surface area (Å²) in [5.74, 6) is -0.434. The molecule has 0 atom stereocenters. The van der Waals surface area contributed by atoms with Crippen LogP contribution in [-0.2, 0) is 4.79 Å². The Balaban J connectivity index is 2.52. The minimum atomic E-state index is -0.389. The number of halogens is 2. The van der Waals surface area contributed by atoms with Crippen LogP contribution in [0.5, 0.6) is 0 Å². The number of carbonyl (C=O) groups excluding carboxylic acids is 1. The molecular weight excluding hydrogens is 289 g/mol. The van der Waals surface area contributed by atoms with E-state index < -0.39 is 0 Å². The summed E-state index contributed by atoms with van der Waals surface area (Å²) >= 11 is 3.05. The van der Waals surface area contributed by atoms with Crippen molar-refractivity contribution in [1.82, 2.24) is 5.32 Å². The first-order valence-electron chi connectivity index (χ1n) is 5.29. The summed E-state index contributed by atoms with van der Waals surface area (Å²) in [4.78, 5) is 11.2. The maximum atomic E-state index is 13.2. The van der Waals surface area contributed by atoms with Gasteiger partial charge in [-0.25, -0.2) is 4.39 Å². The third kappa shape index (κ3) is 4.22. The molecule has 0 bridgehead atoms. The largest absolute Gasteiger partial charge is 0.397 e. The monoisotopic (exact) mass is 303 g/mol.